The third-order valence-corrected chi connectivity index (χ3v) is 4.09. The van der Waals surface area contributed by atoms with Gasteiger partial charge in [-0.15, -0.1) is 0 Å². The molecule has 2 N–H and O–H groups in total. The number of carbonyl (C=O) groups is 2. The van der Waals surface area contributed by atoms with Gasteiger partial charge in [-0.05, 0) is 12.1 Å². The minimum Gasteiger partial charge on any atom is -0.478 e. The van der Waals surface area contributed by atoms with Gasteiger partial charge in [0.25, 0.3) is 0 Å². The lowest BCUT2D eigenvalue weighted by Gasteiger charge is -2.00. The fourth-order valence-electron chi connectivity index (χ4n) is 2.59. The summed E-state index contributed by atoms with van der Waals surface area (Å²) in [6, 6.07) is 5.48. The average molecular weight is 350 g/mol. The largest absolute Gasteiger partial charge is 0.478 e. The molecule has 1 aromatic carbocycles. The molecule has 0 saturated heterocycles. The minimum absolute atomic E-state index is 0.190. The molecule has 0 aliphatic carbocycles. The standard InChI is InChI=1S/C13H28.C8H6O4/c1-3-5-7-9-11-13-12-10-8-6-4-2;9-7(10)5-3-1-2-4-6(5)8(11)12/h3-13H2,1-2H3;1-4H,(H,9,10)(H,11,12). The molecule has 0 aliphatic rings. The van der Waals surface area contributed by atoms with Gasteiger partial charge in [-0.25, -0.2) is 9.59 Å². The highest BCUT2D eigenvalue weighted by Gasteiger charge is 2.13. The summed E-state index contributed by atoms with van der Waals surface area (Å²) in [5.74, 6) is -2.46. The van der Waals surface area contributed by atoms with Crippen LogP contribution in [0.25, 0.3) is 0 Å². The highest BCUT2D eigenvalue weighted by molar-refractivity contribution is 6.01. The van der Waals surface area contributed by atoms with Crippen LogP contribution in [-0.4, -0.2) is 22.2 Å². The van der Waals surface area contributed by atoms with Gasteiger partial charge in [0, 0.05) is 0 Å². The Balaban J connectivity index is 0.000000462. The smallest absolute Gasteiger partial charge is 0.336 e. The number of benzene rings is 1. The number of carboxylic acids is 2. The second kappa shape index (κ2) is 15.7. The lowest BCUT2D eigenvalue weighted by atomic mass is 10.1. The zero-order chi connectivity index (χ0) is 18.9. The van der Waals surface area contributed by atoms with Crippen LogP contribution in [0, 0.1) is 0 Å². The number of carboxylic acid groups (broad SMARTS) is 2. The van der Waals surface area contributed by atoms with Crippen LogP contribution >= 0.6 is 0 Å². The molecule has 0 fully saturated rings. The summed E-state index contributed by atoms with van der Waals surface area (Å²) in [5.41, 5.74) is -0.380. The summed E-state index contributed by atoms with van der Waals surface area (Å²) in [4.78, 5) is 20.9. The van der Waals surface area contributed by atoms with E-state index in [9.17, 15) is 9.59 Å². The first-order valence-corrected chi connectivity index (χ1v) is 9.60. The first-order valence-electron chi connectivity index (χ1n) is 9.60. The van der Waals surface area contributed by atoms with Crippen molar-refractivity contribution >= 4 is 11.9 Å². The lowest BCUT2D eigenvalue weighted by molar-refractivity contribution is 0.0651. The third-order valence-electron chi connectivity index (χ3n) is 4.09. The van der Waals surface area contributed by atoms with Gasteiger partial charge >= 0.3 is 11.9 Å². The van der Waals surface area contributed by atoms with E-state index in [4.69, 9.17) is 10.2 Å². The zero-order valence-electron chi connectivity index (χ0n) is 15.8. The molecule has 0 radical (unpaired) electrons. The SMILES string of the molecule is CCCCCCCCCCCCC.O=C(O)c1ccccc1C(=O)O. The van der Waals surface area contributed by atoms with Gasteiger partial charge in [0.15, 0.2) is 0 Å². The van der Waals surface area contributed by atoms with Crippen molar-refractivity contribution in [3.8, 4) is 0 Å². The molecule has 1 aromatic rings. The predicted octanol–water partition coefficient (Wildman–Crippen LogP) is 6.40. The first kappa shape index (κ1) is 23.2. The molecule has 0 amide bonds. The second-order valence-electron chi connectivity index (χ2n) is 6.34. The van der Waals surface area contributed by atoms with Crippen LogP contribution in [0.2, 0.25) is 0 Å². The van der Waals surface area contributed by atoms with Crippen molar-refractivity contribution in [1.29, 1.82) is 0 Å². The van der Waals surface area contributed by atoms with E-state index in [1.165, 1.54) is 94.9 Å². The van der Waals surface area contributed by atoms with Crippen molar-refractivity contribution in [3.63, 3.8) is 0 Å². The van der Waals surface area contributed by atoms with Crippen LogP contribution in [0.5, 0.6) is 0 Å². The van der Waals surface area contributed by atoms with Gasteiger partial charge in [0.05, 0.1) is 11.1 Å². The maximum Gasteiger partial charge on any atom is 0.336 e. The van der Waals surface area contributed by atoms with Gasteiger partial charge in [-0.2, -0.15) is 0 Å². The third kappa shape index (κ3) is 12.2. The predicted molar refractivity (Wildman–Crippen MR) is 102 cm³/mol. The van der Waals surface area contributed by atoms with Crippen molar-refractivity contribution in [1.82, 2.24) is 0 Å². The Morgan fingerprint density at radius 2 is 0.920 bits per heavy atom. The maximum atomic E-state index is 10.5. The van der Waals surface area contributed by atoms with E-state index >= 15 is 0 Å². The Bertz CT molecular complexity index is 440. The number of hydrogen-bond donors (Lipinski definition) is 2. The van der Waals surface area contributed by atoms with Crippen molar-refractivity contribution in [2.75, 3.05) is 0 Å². The molecule has 4 heteroatoms. The van der Waals surface area contributed by atoms with E-state index in [2.05, 4.69) is 13.8 Å². The van der Waals surface area contributed by atoms with Gasteiger partial charge in [0.1, 0.15) is 0 Å². The Labute approximate surface area is 152 Å². The van der Waals surface area contributed by atoms with Gasteiger partial charge < -0.3 is 10.2 Å². The summed E-state index contributed by atoms with van der Waals surface area (Å²) < 4.78 is 0. The highest BCUT2D eigenvalue weighted by Crippen LogP contribution is 2.11. The molecule has 142 valence electrons. The van der Waals surface area contributed by atoms with Crippen LogP contribution in [-0.2, 0) is 0 Å². The van der Waals surface area contributed by atoms with E-state index in [-0.39, 0.29) is 11.1 Å². The van der Waals surface area contributed by atoms with Crippen molar-refractivity contribution in [2.45, 2.75) is 84.5 Å². The van der Waals surface area contributed by atoms with Crippen LogP contribution in [0.15, 0.2) is 24.3 Å². The summed E-state index contributed by atoms with van der Waals surface area (Å²) in [6.07, 6.45) is 15.9. The highest BCUT2D eigenvalue weighted by atomic mass is 16.4. The van der Waals surface area contributed by atoms with Crippen LogP contribution in [0.1, 0.15) is 105 Å². The summed E-state index contributed by atoms with van der Waals surface area (Å²) >= 11 is 0. The summed E-state index contributed by atoms with van der Waals surface area (Å²) in [6.45, 7) is 4.56. The summed E-state index contributed by atoms with van der Waals surface area (Å²) in [7, 11) is 0. The molecule has 0 aromatic heterocycles. The van der Waals surface area contributed by atoms with E-state index < -0.39 is 11.9 Å². The summed E-state index contributed by atoms with van der Waals surface area (Å²) in [5, 5.41) is 17.1. The Morgan fingerprint density at radius 3 is 1.16 bits per heavy atom. The Kier molecular flexibility index (Phi) is 14.5. The van der Waals surface area contributed by atoms with E-state index in [1.54, 1.807) is 0 Å². The van der Waals surface area contributed by atoms with E-state index in [1.807, 2.05) is 0 Å². The topological polar surface area (TPSA) is 74.6 Å². The van der Waals surface area contributed by atoms with Gasteiger partial charge in [0.2, 0.25) is 0 Å². The number of unbranched alkanes of at least 4 members (excludes halogenated alkanes) is 10. The van der Waals surface area contributed by atoms with Crippen molar-refractivity contribution < 1.29 is 19.8 Å². The molecule has 0 bridgehead atoms. The van der Waals surface area contributed by atoms with Crippen molar-refractivity contribution in [3.05, 3.63) is 35.4 Å². The minimum atomic E-state index is -1.23. The van der Waals surface area contributed by atoms with E-state index in [0.717, 1.165) is 0 Å². The monoisotopic (exact) mass is 350 g/mol. The maximum absolute atomic E-state index is 10.5. The van der Waals surface area contributed by atoms with Crippen molar-refractivity contribution in [2.24, 2.45) is 0 Å². The fourth-order valence-corrected chi connectivity index (χ4v) is 2.59. The Hall–Kier alpha value is -1.84. The molecule has 25 heavy (non-hydrogen) atoms. The molecule has 0 heterocycles. The van der Waals surface area contributed by atoms with Crippen LogP contribution in [0.3, 0.4) is 0 Å². The Morgan fingerprint density at radius 1 is 0.640 bits per heavy atom. The van der Waals surface area contributed by atoms with Crippen LogP contribution < -0.4 is 0 Å². The normalized spacial score (nSPS) is 10.0. The van der Waals surface area contributed by atoms with Crippen LogP contribution in [0.4, 0.5) is 0 Å². The molecule has 0 aliphatic heterocycles. The zero-order valence-corrected chi connectivity index (χ0v) is 15.8. The number of rotatable bonds is 12. The first-order chi connectivity index (χ1) is 12.0. The molecular formula is C21H34O4. The quantitative estimate of drug-likeness (QED) is 0.428. The molecule has 1 rings (SSSR count). The molecule has 0 atom stereocenters. The number of aromatic carboxylic acids is 2. The average Bonchev–Trinajstić information content (AvgIpc) is 2.61. The second-order valence-corrected chi connectivity index (χ2v) is 6.34. The lowest BCUT2D eigenvalue weighted by Crippen LogP contribution is -2.06. The number of hydrogen-bond acceptors (Lipinski definition) is 2. The van der Waals surface area contributed by atoms with Gasteiger partial charge in [-0.1, -0.05) is 96.6 Å². The molecule has 0 unspecified atom stereocenters. The molecule has 4 nitrogen and oxygen atoms in total. The van der Waals surface area contributed by atoms with E-state index in [0.29, 0.717) is 0 Å². The van der Waals surface area contributed by atoms with Gasteiger partial charge in [-0.3, -0.25) is 0 Å². The fraction of sp³-hybridized carbons (Fsp3) is 0.619. The molecule has 0 saturated carbocycles. The molecule has 0 spiro atoms. The molecular weight excluding hydrogens is 316 g/mol.